The number of ketones is 1. The van der Waals surface area contributed by atoms with Crippen molar-refractivity contribution in [2.45, 2.75) is 47.0 Å². The lowest BCUT2D eigenvalue weighted by Gasteiger charge is -2.16. The SMILES string of the molecule is CCCCP(=O)(OC)OCCC(=O)c1c(C)cc(C)cc1C. The Balaban J connectivity index is 2.65. The molecule has 0 heterocycles. The van der Waals surface area contributed by atoms with E-state index in [1.165, 1.54) is 7.11 Å². The minimum atomic E-state index is -3.05. The summed E-state index contributed by atoms with van der Waals surface area (Å²) in [5.41, 5.74) is 3.84. The van der Waals surface area contributed by atoms with E-state index in [9.17, 15) is 9.36 Å². The predicted octanol–water partition coefficient (Wildman–Crippen LogP) is 4.84. The van der Waals surface area contributed by atoms with Crippen LogP contribution in [0.25, 0.3) is 0 Å². The first kappa shape index (κ1) is 19.1. The molecule has 1 rings (SSSR count). The smallest absolute Gasteiger partial charge is 0.312 e. The quantitative estimate of drug-likeness (QED) is 0.481. The van der Waals surface area contributed by atoms with Crippen LogP contribution in [0.15, 0.2) is 12.1 Å². The van der Waals surface area contributed by atoms with E-state index in [0.29, 0.717) is 6.16 Å². The van der Waals surface area contributed by atoms with E-state index in [1.54, 1.807) is 0 Å². The van der Waals surface area contributed by atoms with Crippen LogP contribution in [0.4, 0.5) is 0 Å². The van der Waals surface area contributed by atoms with Gasteiger partial charge in [-0.1, -0.05) is 31.0 Å². The van der Waals surface area contributed by atoms with Crippen LogP contribution >= 0.6 is 7.60 Å². The molecule has 4 nitrogen and oxygen atoms in total. The number of Topliss-reactive ketones (excluding diaryl/α,β-unsaturated/α-hetero) is 1. The third-order valence-electron chi connectivity index (χ3n) is 3.64. The van der Waals surface area contributed by atoms with Crippen LogP contribution in [-0.2, 0) is 13.6 Å². The zero-order valence-corrected chi connectivity index (χ0v) is 15.2. The highest BCUT2D eigenvalue weighted by Gasteiger charge is 2.22. The Labute approximate surface area is 133 Å². The molecule has 0 amide bonds. The van der Waals surface area contributed by atoms with Gasteiger partial charge in [-0.3, -0.25) is 9.36 Å². The first-order valence-corrected chi connectivity index (χ1v) is 9.46. The van der Waals surface area contributed by atoms with Crippen LogP contribution in [0, 0.1) is 20.8 Å². The molecule has 5 heteroatoms. The molecule has 0 saturated heterocycles. The topological polar surface area (TPSA) is 52.6 Å². The highest BCUT2D eigenvalue weighted by molar-refractivity contribution is 7.53. The highest BCUT2D eigenvalue weighted by atomic mass is 31.2. The van der Waals surface area contributed by atoms with E-state index in [2.05, 4.69) is 0 Å². The average Bonchev–Trinajstić information content (AvgIpc) is 2.44. The maximum absolute atomic E-state index is 12.4. The zero-order chi connectivity index (χ0) is 16.8. The van der Waals surface area contributed by atoms with Crippen molar-refractivity contribution >= 4 is 13.4 Å². The largest absolute Gasteiger partial charge is 0.330 e. The molecule has 1 unspecified atom stereocenters. The van der Waals surface area contributed by atoms with Crippen LogP contribution in [0.5, 0.6) is 0 Å². The number of carbonyl (C=O) groups excluding carboxylic acids is 1. The van der Waals surface area contributed by atoms with Gasteiger partial charge in [0.25, 0.3) is 0 Å². The van der Waals surface area contributed by atoms with E-state index in [-0.39, 0.29) is 18.8 Å². The molecule has 22 heavy (non-hydrogen) atoms. The molecule has 0 aromatic heterocycles. The molecule has 1 aromatic carbocycles. The molecule has 0 fully saturated rings. The summed E-state index contributed by atoms with van der Waals surface area (Å²) in [5.74, 6) is 0.0214. The lowest BCUT2D eigenvalue weighted by molar-refractivity contribution is 0.0957. The van der Waals surface area contributed by atoms with Gasteiger partial charge >= 0.3 is 7.60 Å². The lowest BCUT2D eigenvalue weighted by Crippen LogP contribution is -2.09. The monoisotopic (exact) mass is 326 g/mol. The number of benzene rings is 1. The van der Waals surface area contributed by atoms with Crippen LogP contribution in [0.1, 0.15) is 53.2 Å². The Morgan fingerprint density at radius 3 is 2.27 bits per heavy atom. The van der Waals surface area contributed by atoms with Crippen molar-refractivity contribution in [2.75, 3.05) is 19.9 Å². The molecule has 0 spiro atoms. The van der Waals surface area contributed by atoms with Gasteiger partial charge in [-0.25, -0.2) is 0 Å². The van der Waals surface area contributed by atoms with E-state index in [0.717, 1.165) is 35.1 Å². The second-order valence-electron chi connectivity index (χ2n) is 5.65. The van der Waals surface area contributed by atoms with E-state index in [4.69, 9.17) is 9.05 Å². The fourth-order valence-corrected chi connectivity index (χ4v) is 4.07. The average molecular weight is 326 g/mol. The van der Waals surface area contributed by atoms with Crippen molar-refractivity contribution in [3.05, 3.63) is 34.4 Å². The second-order valence-corrected chi connectivity index (χ2v) is 7.94. The normalized spacial score (nSPS) is 13.9. The van der Waals surface area contributed by atoms with Gasteiger partial charge in [-0.2, -0.15) is 0 Å². The minimum Gasteiger partial charge on any atom is -0.312 e. The zero-order valence-electron chi connectivity index (χ0n) is 14.3. The molecular weight excluding hydrogens is 299 g/mol. The van der Waals surface area contributed by atoms with Crippen LogP contribution in [-0.4, -0.2) is 25.7 Å². The van der Waals surface area contributed by atoms with E-state index in [1.807, 2.05) is 39.8 Å². The molecule has 124 valence electrons. The third kappa shape index (κ3) is 5.35. The summed E-state index contributed by atoms with van der Waals surface area (Å²) in [7, 11) is -1.65. The van der Waals surface area contributed by atoms with Crippen molar-refractivity contribution in [3.8, 4) is 0 Å². The summed E-state index contributed by atoms with van der Waals surface area (Å²) in [6.45, 7) is 8.04. The predicted molar refractivity (Wildman–Crippen MR) is 89.9 cm³/mol. The Bertz CT molecular complexity index is 543. The number of rotatable bonds is 9. The fraction of sp³-hybridized carbons (Fsp3) is 0.588. The molecular formula is C17H27O4P. The molecule has 0 aliphatic carbocycles. The molecule has 0 radical (unpaired) electrons. The summed E-state index contributed by atoms with van der Waals surface area (Å²) >= 11 is 0. The van der Waals surface area contributed by atoms with E-state index < -0.39 is 7.60 Å². The van der Waals surface area contributed by atoms with Crippen LogP contribution in [0.2, 0.25) is 0 Å². The fourth-order valence-electron chi connectivity index (χ4n) is 2.58. The summed E-state index contributed by atoms with van der Waals surface area (Å²) in [5, 5.41) is 0. The van der Waals surface area contributed by atoms with Crippen molar-refractivity contribution in [1.29, 1.82) is 0 Å². The standard InChI is InChI=1S/C17H27O4P/c1-6-7-10-22(19,20-5)21-9-8-16(18)17-14(3)11-13(2)12-15(17)4/h11-12H,6-10H2,1-5H3. The van der Waals surface area contributed by atoms with Crippen LogP contribution < -0.4 is 0 Å². The minimum absolute atomic E-state index is 0.0214. The van der Waals surface area contributed by atoms with Crippen molar-refractivity contribution < 1.29 is 18.4 Å². The number of hydrogen-bond acceptors (Lipinski definition) is 4. The molecule has 0 aliphatic rings. The van der Waals surface area contributed by atoms with Gasteiger partial charge in [0.15, 0.2) is 5.78 Å². The molecule has 0 bridgehead atoms. The molecule has 0 aliphatic heterocycles. The van der Waals surface area contributed by atoms with Crippen LogP contribution in [0.3, 0.4) is 0 Å². The third-order valence-corrected chi connectivity index (χ3v) is 5.63. The molecule has 1 atom stereocenters. The lowest BCUT2D eigenvalue weighted by atomic mass is 9.95. The first-order chi connectivity index (χ1) is 10.3. The number of aryl methyl sites for hydroxylation is 3. The summed E-state index contributed by atoms with van der Waals surface area (Å²) in [4.78, 5) is 12.4. The number of unbranched alkanes of at least 4 members (excludes halogenated alkanes) is 1. The molecule has 0 saturated carbocycles. The number of hydrogen-bond donors (Lipinski definition) is 0. The van der Waals surface area contributed by atoms with Gasteiger partial charge < -0.3 is 9.05 Å². The summed E-state index contributed by atoms with van der Waals surface area (Å²) in [6, 6.07) is 4.00. The van der Waals surface area contributed by atoms with Gasteiger partial charge in [0.2, 0.25) is 0 Å². The highest BCUT2D eigenvalue weighted by Crippen LogP contribution is 2.48. The molecule has 1 aromatic rings. The maximum Gasteiger partial charge on any atom is 0.330 e. The van der Waals surface area contributed by atoms with Gasteiger partial charge in [0, 0.05) is 19.1 Å². The Morgan fingerprint density at radius 1 is 1.18 bits per heavy atom. The Morgan fingerprint density at radius 2 is 1.77 bits per heavy atom. The second kappa shape index (κ2) is 8.61. The van der Waals surface area contributed by atoms with E-state index >= 15 is 0 Å². The van der Waals surface area contributed by atoms with Crippen molar-refractivity contribution in [3.63, 3.8) is 0 Å². The van der Waals surface area contributed by atoms with Crippen molar-refractivity contribution in [2.24, 2.45) is 0 Å². The number of carbonyl (C=O) groups is 1. The van der Waals surface area contributed by atoms with Gasteiger partial charge in [0.1, 0.15) is 0 Å². The van der Waals surface area contributed by atoms with Gasteiger partial charge in [-0.15, -0.1) is 0 Å². The Kier molecular flexibility index (Phi) is 7.47. The van der Waals surface area contributed by atoms with Gasteiger partial charge in [0.05, 0.1) is 12.8 Å². The Hall–Kier alpha value is -0.960. The molecule has 0 N–H and O–H groups in total. The maximum atomic E-state index is 12.4. The van der Waals surface area contributed by atoms with Crippen molar-refractivity contribution in [1.82, 2.24) is 0 Å². The first-order valence-electron chi connectivity index (χ1n) is 7.73. The van der Waals surface area contributed by atoms with Gasteiger partial charge in [-0.05, 0) is 38.3 Å². The summed E-state index contributed by atoms with van der Waals surface area (Å²) < 4.78 is 22.7. The summed E-state index contributed by atoms with van der Waals surface area (Å²) in [6.07, 6.45) is 2.33.